The summed E-state index contributed by atoms with van der Waals surface area (Å²) in [4.78, 5) is 40.8. The Bertz CT molecular complexity index is 1670. The van der Waals surface area contributed by atoms with Crippen molar-refractivity contribution in [2.24, 2.45) is 5.34 Å². The molecule has 50 heavy (non-hydrogen) atoms. The second kappa shape index (κ2) is 19.9. The summed E-state index contributed by atoms with van der Waals surface area (Å²) < 4.78 is 21.4. The van der Waals surface area contributed by atoms with E-state index in [2.05, 4.69) is 15.5 Å². The van der Waals surface area contributed by atoms with Gasteiger partial charge in [0.25, 0.3) is 5.91 Å². The number of esters is 1. The van der Waals surface area contributed by atoms with Gasteiger partial charge < -0.3 is 29.7 Å². The van der Waals surface area contributed by atoms with Gasteiger partial charge in [0, 0.05) is 35.0 Å². The van der Waals surface area contributed by atoms with E-state index in [-0.39, 0.29) is 50.8 Å². The van der Waals surface area contributed by atoms with Gasteiger partial charge in [-0.05, 0) is 66.3 Å². The zero-order valence-corrected chi connectivity index (χ0v) is 29.6. The van der Waals surface area contributed by atoms with Crippen LogP contribution in [-0.2, 0) is 20.9 Å². The topological polar surface area (TPSA) is 139 Å². The lowest BCUT2D eigenvalue weighted by Gasteiger charge is -2.20. The van der Waals surface area contributed by atoms with Crippen molar-refractivity contribution in [3.63, 3.8) is 0 Å². The number of anilines is 1. The molecule has 4 aromatic rings. The maximum Gasteiger partial charge on any atom is 0.308 e. The van der Waals surface area contributed by atoms with Gasteiger partial charge in [-0.25, -0.2) is 4.39 Å². The molecule has 0 fully saturated rings. The third-order valence-electron chi connectivity index (χ3n) is 7.75. The zero-order chi connectivity index (χ0) is 35.9. The average molecular weight is 724 g/mol. The van der Waals surface area contributed by atoms with E-state index >= 15 is 0 Å². The largest absolute Gasteiger partial charge is 0.465 e. The minimum absolute atomic E-state index is 0.0540. The molecule has 10 nitrogen and oxygen atoms in total. The highest BCUT2D eigenvalue weighted by Crippen LogP contribution is 2.42. The van der Waals surface area contributed by atoms with Crippen molar-refractivity contribution >= 4 is 39.2 Å². The SMILES string of the molecule is CC(C)c1c(C(=O)Nc2ccccc2)c(-c2ccccc2)c(-c2ccc(F)cc2)n1CC[C@@H](O)C[C@@H](O)CC(=O)OCCSSCCON=O. The lowest BCUT2D eigenvalue weighted by Crippen LogP contribution is -2.24. The Kier molecular flexibility index (Phi) is 15.4. The van der Waals surface area contributed by atoms with Crippen LogP contribution in [0.4, 0.5) is 10.1 Å². The molecule has 0 aliphatic rings. The number of aliphatic hydroxyl groups excluding tert-OH is 2. The molecule has 3 N–H and O–H groups in total. The average Bonchev–Trinajstić information content (AvgIpc) is 3.45. The smallest absolute Gasteiger partial charge is 0.308 e. The number of amides is 1. The minimum atomic E-state index is -1.12. The maximum atomic E-state index is 14.2. The summed E-state index contributed by atoms with van der Waals surface area (Å²) in [5.74, 6) is -0.305. The van der Waals surface area contributed by atoms with Crippen LogP contribution in [0.1, 0.15) is 55.1 Å². The Morgan fingerprint density at radius 2 is 1.52 bits per heavy atom. The fourth-order valence-electron chi connectivity index (χ4n) is 5.67. The van der Waals surface area contributed by atoms with Crippen LogP contribution in [0.25, 0.3) is 22.4 Å². The van der Waals surface area contributed by atoms with E-state index in [1.54, 1.807) is 12.1 Å². The number of aromatic nitrogens is 1. The van der Waals surface area contributed by atoms with Crippen LogP contribution >= 0.6 is 21.6 Å². The van der Waals surface area contributed by atoms with Crippen molar-refractivity contribution in [3.05, 3.63) is 107 Å². The molecule has 13 heteroatoms. The van der Waals surface area contributed by atoms with Gasteiger partial charge in [0.2, 0.25) is 0 Å². The molecule has 2 atom stereocenters. The van der Waals surface area contributed by atoms with E-state index in [4.69, 9.17) is 4.74 Å². The molecule has 0 aliphatic carbocycles. The Balaban J connectivity index is 1.56. The van der Waals surface area contributed by atoms with E-state index in [9.17, 15) is 29.1 Å². The predicted molar refractivity (Wildman–Crippen MR) is 197 cm³/mol. The molecule has 0 unspecified atom stereocenters. The van der Waals surface area contributed by atoms with Gasteiger partial charge in [-0.2, -0.15) is 0 Å². The molecule has 266 valence electrons. The summed E-state index contributed by atoms with van der Waals surface area (Å²) in [6, 6.07) is 24.9. The number of aliphatic hydroxyl groups is 2. The predicted octanol–water partition coefficient (Wildman–Crippen LogP) is 7.85. The molecule has 0 aliphatic heterocycles. The lowest BCUT2D eigenvalue weighted by atomic mass is 9.94. The van der Waals surface area contributed by atoms with Gasteiger partial charge in [0.05, 0.1) is 29.9 Å². The molecule has 3 aromatic carbocycles. The first kappa shape index (κ1) is 38.6. The maximum absolute atomic E-state index is 14.2. The molecule has 4 rings (SSSR count). The van der Waals surface area contributed by atoms with Crippen LogP contribution in [0.5, 0.6) is 0 Å². The van der Waals surface area contributed by atoms with Crippen LogP contribution in [0.15, 0.2) is 90.3 Å². The molecule has 0 spiro atoms. The van der Waals surface area contributed by atoms with Crippen LogP contribution in [0, 0.1) is 10.7 Å². The van der Waals surface area contributed by atoms with Gasteiger partial charge >= 0.3 is 5.97 Å². The zero-order valence-electron chi connectivity index (χ0n) is 28.0. The highest BCUT2D eigenvalue weighted by atomic mass is 33.1. The first-order valence-electron chi connectivity index (χ1n) is 16.3. The summed E-state index contributed by atoms with van der Waals surface area (Å²) >= 11 is 0. The lowest BCUT2D eigenvalue weighted by molar-refractivity contribution is -0.145. The molecule has 0 saturated heterocycles. The van der Waals surface area contributed by atoms with Crippen molar-refractivity contribution in [2.75, 3.05) is 30.0 Å². The summed E-state index contributed by atoms with van der Waals surface area (Å²) in [6.07, 6.45) is -2.21. The van der Waals surface area contributed by atoms with Crippen LogP contribution in [0.2, 0.25) is 0 Å². The van der Waals surface area contributed by atoms with Gasteiger partial charge in [-0.1, -0.05) is 84.0 Å². The number of halogens is 1. The second-order valence-electron chi connectivity index (χ2n) is 11.8. The number of ether oxygens (including phenoxy) is 1. The van der Waals surface area contributed by atoms with Crippen LogP contribution in [0.3, 0.4) is 0 Å². The number of hydrogen-bond donors (Lipinski definition) is 3. The highest BCUT2D eigenvalue weighted by molar-refractivity contribution is 8.76. The second-order valence-corrected chi connectivity index (χ2v) is 14.5. The fourth-order valence-corrected chi connectivity index (χ4v) is 7.31. The molecular weight excluding hydrogens is 682 g/mol. The number of para-hydroxylation sites is 1. The van der Waals surface area contributed by atoms with E-state index in [0.29, 0.717) is 39.6 Å². The number of nitrogens with one attached hydrogen (secondary N) is 1. The van der Waals surface area contributed by atoms with Gasteiger partial charge in [-0.15, -0.1) is 4.91 Å². The molecule has 0 saturated carbocycles. The van der Waals surface area contributed by atoms with Crippen molar-refractivity contribution in [1.29, 1.82) is 0 Å². The van der Waals surface area contributed by atoms with Gasteiger partial charge in [0.1, 0.15) is 19.0 Å². The number of hydrogen-bond acceptors (Lipinski definition) is 10. The molecule has 1 aromatic heterocycles. The summed E-state index contributed by atoms with van der Waals surface area (Å²) in [6.45, 7) is 4.62. The van der Waals surface area contributed by atoms with E-state index in [1.165, 1.54) is 33.7 Å². The van der Waals surface area contributed by atoms with Crippen molar-refractivity contribution in [2.45, 2.75) is 57.8 Å². The minimum Gasteiger partial charge on any atom is -0.465 e. The Labute approximate surface area is 299 Å². The quantitative estimate of drug-likeness (QED) is 0.0274. The van der Waals surface area contributed by atoms with Crippen molar-refractivity contribution in [3.8, 4) is 22.4 Å². The third kappa shape index (κ3) is 11.2. The summed E-state index contributed by atoms with van der Waals surface area (Å²) in [5, 5.41) is 27.0. The van der Waals surface area contributed by atoms with Crippen LogP contribution in [-0.4, -0.2) is 63.6 Å². The first-order chi connectivity index (χ1) is 24.2. The number of carbonyl (C=O) groups excluding carboxylic acids is 2. The first-order valence-corrected chi connectivity index (χ1v) is 18.8. The van der Waals surface area contributed by atoms with E-state index < -0.39 is 24.0 Å². The van der Waals surface area contributed by atoms with Crippen molar-refractivity contribution < 1.29 is 33.8 Å². The molecule has 1 heterocycles. The van der Waals surface area contributed by atoms with Crippen LogP contribution < -0.4 is 5.32 Å². The standard InChI is InChI=1S/C37H42FN3O7S2/c1-25(2)35-34(37(45)39-29-11-7-4-8-12-29)33(26-9-5-3-6-10-26)36(27-13-15-28(38)16-14-27)41(35)18-17-30(42)23-31(43)24-32(44)47-19-21-49-50-22-20-48-40-46/h3-16,25,30-31,42-43H,17-24H2,1-2H3,(H,39,45)/t30-,31-/m1/s1. The Hall–Kier alpha value is -4.17. The highest BCUT2D eigenvalue weighted by Gasteiger charge is 2.31. The third-order valence-corrected chi connectivity index (χ3v) is 10.1. The van der Waals surface area contributed by atoms with Gasteiger partial charge in [-0.3, -0.25) is 9.59 Å². The van der Waals surface area contributed by atoms with E-state index in [1.807, 2.05) is 79.1 Å². The number of carbonyl (C=O) groups is 2. The van der Waals surface area contributed by atoms with E-state index in [0.717, 1.165) is 11.3 Å². The number of benzene rings is 3. The fraction of sp³-hybridized carbons (Fsp3) is 0.351. The molecule has 0 bridgehead atoms. The molecule has 0 radical (unpaired) electrons. The van der Waals surface area contributed by atoms with Crippen molar-refractivity contribution in [1.82, 2.24) is 4.57 Å². The molecule has 1 amide bonds. The Morgan fingerprint density at radius 1 is 0.880 bits per heavy atom. The Morgan fingerprint density at radius 3 is 2.16 bits per heavy atom. The number of nitrogens with zero attached hydrogens (tertiary/aromatic N) is 2. The number of rotatable bonds is 20. The summed E-state index contributed by atoms with van der Waals surface area (Å²) in [7, 11) is 2.91. The normalized spacial score (nSPS) is 12.4. The summed E-state index contributed by atoms with van der Waals surface area (Å²) in [5.41, 5.74) is 4.77. The molecular formula is C37H42FN3O7S2. The monoisotopic (exact) mass is 723 g/mol. The van der Waals surface area contributed by atoms with Gasteiger partial charge in [0.15, 0.2) is 5.34 Å².